The van der Waals surface area contributed by atoms with Crippen LogP contribution in [0.1, 0.15) is 17.3 Å². The molecule has 2 rings (SSSR count). The van der Waals surface area contributed by atoms with Crippen LogP contribution in [0.15, 0.2) is 35.0 Å². The van der Waals surface area contributed by atoms with Gasteiger partial charge in [0, 0.05) is 5.56 Å². The van der Waals surface area contributed by atoms with Gasteiger partial charge in [-0.05, 0) is 29.4 Å². The van der Waals surface area contributed by atoms with Crippen LogP contribution in [0, 0.1) is 0 Å². The Bertz CT molecular complexity index is 496. The Morgan fingerprint density at radius 1 is 1.35 bits per heavy atom. The summed E-state index contributed by atoms with van der Waals surface area (Å²) < 4.78 is 9.63. The summed E-state index contributed by atoms with van der Waals surface area (Å²) in [5.74, 6) is 0.0692. The van der Waals surface area contributed by atoms with Crippen LogP contribution >= 0.6 is 0 Å². The Hall–Kier alpha value is -2.37. The highest BCUT2D eigenvalue weighted by Gasteiger charge is 2.14. The number of ether oxygens (including phenoxy) is 1. The molecule has 0 fully saturated rings. The molecule has 6 heteroatoms. The molecule has 0 saturated heterocycles. The number of aromatic nitrogens is 2. The zero-order valence-corrected chi connectivity index (χ0v) is 9.21. The highest BCUT2D eigenvalue weighted by atomic mass is 16.6. The van der Waals surface area contributed by atoms with E-state index in [4.69, 9.17) is 4.74 Å². The Morgan fingerprint density at radius 3 is 2.82 bits per heavy atom. The summed E-state index contributed by atoms with van der Waals surface area (Å²) in [6.07, 6.45) is 0. The summed E-state index contributed by atoms with van der Waals surface area (Å²) in [4.78, 5) is 11.8. The molecule has 1 amide bonds. The van der Waals surface area contributed by atoms with E-state index in [1.54, 1.807) is 31.2 Å². The van der Waals surface area contributed by atoms with E-state index in [-0.39, 0.29) is 17.6 Å². The van der Waals surface area contributed by atoms with E-state index in [1.165, 1.54) is 0 Å². The molecule has 0 bridgehead atoms. The first-order valence-corrected chi connectivity index (χ1v) is 5.13. The van der Waals surface area contributed by atoms with Crippen LogP contribution in [0.4, 0.5) is 5.82 Å². The fourth-order valence-corrected chi connectivity index (χ4v) is 1.26. The summed E-state index contributed by atoms with van der Waals surface area (Å²) >= 11 is 0. The van der Waals surface area contributed by atoms with Crippen molar-refractivity contribution in [1.82, 2.24) is 10.3 Å². The molecule has 88 valence electrons. The second kappa shape index (κ2) is 5.11. The number of anilines is 1. The molecule has 0 saturated carbocycles. The molecule has 1 aromatic heterocycles. The van der Waals surface area contributed by atoms with Crippen LogP contribution in [0.3, 0.4) is 0 Å². The maximum Gasteiger partial charge on any atom is 0.300 e. The van der Waals surface area contributed by atoms with Gasteiger partial charge in [-0.3, -0.25) is 10.1 Å². The predicted octanol–water partition coefficient (Wildman–Crippen LogP) is 1.72. The van der Waals surface area contributed by atoms with E-state index in [2.05, 4.69) is 20.3 Å². The molecule has 0 unspecified atom stereocenters. The van der Waals surface area contributed by atoms with Crippen molar-refractivity contribution >= 4 is 11.7 Å². The largest absolute Gasteiger partial charge is 0.473 e. The Kier molecular flexibility index (Phi) is 3.34. The number of rotatable bonds is 4. The van der Waals surface area contributed by atoms with E-state index >= 15 is 0 Å². The summed E-state index contributed by atoms with van der Waals surface area (Å²) in [7, 11) is 0. The number of amides is 1. The van der Waals surface area contributed by atoms with Crippen LogP contribution < -0.4 is 10.1 Å². The zero-order chi connectivity index (χ0) is 12.1. The molecule has 17 heavy (non-hydrogen) atoms. The van der Waals surface area contributed by atoms with Crippen molar-refractivity contribution in [3.05, 3.63) is 35.9 Å². The highest BCUT2D eigenvalue weighted by Crippen LogP contribution is 2.19. The van der Waals surface area contributed by atoms with Crippen molar-refractivity contribution < 1.29 is 14.2 Å². The molecule has 0 radical (unpaired) electrons. The van der Waals surface area contributed by atoms with Gasteiger partial charge in [-0.1, -0.05) is 18.2 Å². The normalized spacial score (nSPS) is 9.94. The predicted molar refractivity (Wildman–Crippen MR) is 59.9 cm³/mol. The molecule has 0 spiro atoms. The van der Waals surface area contributed by atoms with Gasteiger partial charge in [0.05, 0.1) is 6.61 Å². The molecule has 2 aromatic rings. The minimum absolute atomic E-state index is 0.178. The Morgan fingerprint density at radius 2 is 2.12 bits per heavy atom. The lowest BCUT2D eigenvalue weighted by Crippen LogP contribution is -2.12. The number of hydrogen-bond acceptors (Lipinski definition) is 5. The molecule has 6 nitrogen and oxygen atoms in total. The average Bonchev–Trinajstić information content (AvgIpc) is 2.78. The lowest BCUT2D eigenvalue weighted by Gasteiger charge is -2.02. The minimum Gasteiger partial charge on any atom is -0.473 e. The SMILES string of the molecule is CCOc1nonc1NC(=O)c1ccccc1. The van der Waals surface area contributed by atoms with Crippen molar-refractivity contribution in [2.75, 3.05) is 11.9 Å². The van der Waals surface area contributed by atoms with Crippen molar-refractivity contribution in [1.29, 1.82) is 0 Å². The van der Waals surface area contributed by atoms with E-state index in [0.717, 1.165) is 0 Å². The number of hydrogen-bond donors (Lipinski definition) is 1. The summed E-state index contributed by atoms with van der Waals surface area (Å²) in [5.41, 5.74) is 0.526. The van der Waals surface area contributed by atoms with Gasteiger partial charge in [-0.15, -0.1) is 0 Å². The topological polar surface area (TPSA) is 77.2 Å². The number of benzene rings is 1. The van der Waals surface area contributed by atoms with Gasteiger partial charge in [0.15, 0.2) is 0 Å². The Balaban J connectivity index is 2.11. The molecule has 1 aromatic carbocycles. The third-order valence-electron chi connectivity index (χ3n) is 2.01. The van der Waals surface area contributed by atoms with E-state index < -0.39 is 0 Å². The van der Waals surface area contributed by atoms with Crippen molar-refractivity contribution in [2.24, 2.45) is 0 Å². The maximum absolute atomic E-state index is 11.8. The standard InChI is InChI=1S/C11H11N3O3/c1-2-16-11-9(13-17-14-11)12-10(15)8-6-4-3-5-7-8/h3-7H,2H2,1H3,(H,12,13,15). The average molecular weight is 233 g/mol. The van der Waals surface area contributed by atoms with Gasteiger partial charge in [-0.2, -0.15) is 0 Å². The number of carbonyl (C=O) groups is 1. The van der Waals surface area contributed by atoms with Gasteiger partial charge in [-0.25, -0.2) is 4.63 Å². The molecule has 0 atom stereocenters. The number of nitrogens with zero attached hydrogens (tertiary/aromatic N) is 2. The van der Waals surface area contributed by atoms with Gasteiger partial charge in [0.25, 0.3) is 5.91 Å². The fraction of sp³-hybridized carbons (Fsp3) is 0.182. The van der Waals surface area contributed by atoms with Crippen LogP contribution in [0.2, 0.25) is 0 Å². The van der Waals surface area contributed by atoms with Gasteiger partial charge < -0.3 is 4.74 Å². The smallest absolute Gasteiger partial charge is 0.300 e. The summed E-state index contributed by atoms with van der Waals surface area (Å²) in [5, 5.41) is 9.65. The minimum atomic E-state index is -0.290. The van der Waals surface area contributed by atoms with Crippen LogP contribution in [-0.4, -0.2) is 22.8 Å². The lowest BCUT2D eigenvalue weighted by molar-refractivity contribution is 0.102. The van der Waals surface area contributed by atoms with Crippen LogP contribution in [0.5, 0.6) is 5.88 Å². The van der Waals surface area contributed by atoms with Crippen molar-refractivity contribution in [3.63, 3.8) is 0 Å². The molecule has 1 N–H and O–H groups in total. The van der Waals surface area contributed by atoms with Crippen molar-refractivity contribution in [3.8, 4) is 5.88 Å². The summed E-state index contributed by atoms with van der Waals surface area (Å²) in [6, 6.07) is 8.78. The molecule has 0 aliphatic carbocycles. The van der Waals surface area contributed by atoms with Gasteiger partial charge in [0.2, 0.25) is 5.82 Å². The number of carbonyl (C=O) groups excluding carboxylic acids is 1. The third-order valence-corrected chi connectivity index (χ3v) is 2.01. The molecule has 1 heterocycles. The zero-order valence-electron chi connectivity index (χ0n) is 9.21. The molecule has 0 aliphatic heterocycles. The molecular formula is C11H11N3O3. The van der Waals surface area contributed by atoms with Crippen molar-refractivity contribution in [2.45, 2.75) is 6.92 Å². The first-order chi connectivity index (χ1) is 8.31. The highest BCUT2D eigenvalue weighted by molar-refractivity contribution is 6.04. The number of nitrogens with one attached hydrogen (secondary N) is 1. The Labute approximate surface area is 97.5 Å². The van der Waals surface area contributed by atoms with E-state index in [0.29, 0.717) is 12.2 Å². The second-order valence-corrected chi connectivity index (χ2v) is 3.17. The van der Waals surface area contributed by atoms with Gasteiger partial charge in [0.1, 0.15) is 0 Å². The maximum atomic E-state index is 11.8. The fourth-order valence-electron chi connectivity index (χ4n) is 1.26. The van der Waals surface area contributed by atoms with E-state index in [1.807, 2.05) is 6.07 Å². The second-order valence-electron chi connectivity index (χ2n) is 3.17. The summed E-state index contributed by atoms with van der Waals surface area (Å²) in [6.45, 7) is 2.22. The first-order valence-electron chi connectivity index (χ1n) is 5.13. The van der Waals surface area contributed by atoms with E-state index in [9.17, 15) is 4.79 Å². The monoisotopic (exact) mass is 233 g/mol. The molecule has 0 aliphatic rings. The van der Waals surface area contributed by atoms with Crippen LogP contribution in [0.25, 0.3) is 0 Å². The lowest BCUT2D eigenvalue weighted by atomic mass is 10.2. The molecular weight excluding hydrogens is 222 g/mol. The first kappa shape index (κ1) is 11.1. The van der Waals surface area contributed by atoms with Crippen LogP contribution in [-0.2, 0) is 0 Å². The quantitative estimate of drug-likeness (QED) is 0.869. The van der Waals surface area contributed by atoms with Gasteiger partial charge >= 0.3 is 5.88 Å². The third kappa shape index (κ3) is 2.60.